The molecule has 61 heavy (non-hydrogen) atoms. The Bertz CT molecular complexity index is 3310. The van der Waals surface area contributed by atoms with Crippen molar-refractivity contribution in [2.45, 2.75) is 0 Å². The highest BCUT2D eigenvalue weighted by atomic mass is 15.2. The van der Waals surface area contributed by atoms with E-state index >= 15 is 0 Å². The zero-order chi connectivity index (χ0) is 40.5. The number of nitrogens with zero attached hydrogens (tertiary/aromatic N) is 5. The summed E-state index contributed by atoms with van der Waals surface area (Å²) in [5, 5.41) is 7.66. The Hall–Kier alpha value is -8.28. The molecule has 0 fully saturated rings. The maximum Gasteiger partial charge on any atom is 0.164 e. The number of hydrogen-bond donors (Lipinski definition) is 0. The number of fused-ring (bicyclic) bond motifs is 3. The van der Waals surface area contributed by atoms with Crippen LogP contribution >= 0.6 is 0 Å². The van der Waals surface area contributed by atoms with Crippen LogP contribution in [0.5, 0.6) is 0 Å². The lowest BCUT2D eigenvalue weighted by Gasteiger charge is -2.14. The highest BCUT2D eigenvalue weighted by Crippen LogP contribution is 2.43. The highest BCUT2D eigenvalue weighted by molar-refractivity contribution is 6.12. The molecule has 3 aromatic heterocycles. The van der Waals surface area contributed by atoms with Crippen LogP contribution in [0, 0.1) is 0 Å². The second kappa shape index (κ2) is 15.5. The van der Waals surface area contributed by atoms with Crippen LogP contribution in [-0.2, 0) is 0 Å². The molecule has 0 amide bonds. The Morgan fingerprint density at radius 1 is 0.295 bits per heavy atom. The summed E-state index contributed by atoms with van der Waals surface area (Å²) in [5.74, 6) is 1.86. The van der Waals surface area contributed by atoms with Gasteiger partial charge in [-0.3, -0.25) is 0 Å². The average molecular weight is 780 g/mol. The zero-order valence-electron chi connectivity index (χ0n) is 33.1. The molecule has 0 radical (unpaired) electrons. The Morgan fingerprint density at radius 3 is 1.36 bits per heavy atom. The van der Waals surface area contributed by atoms with E-state index in [1.54, 1.807) is 0 Å². The molecule has 0 saturated carbocycles. The molecule has 8 aromatic carbocycles. The molecule has 5 heteroatoms. The van der Waals surface area contributed by atoms with Gasteiger partial charge in [0.25, 0.3) is 0 Å². The van der Waals surface area contributed by atoms with Crippen LogP contribution in [0.4, 0.5) is 0 Å². The molecule has 11 rings (SSSR count). The quantitative estimate of drug-likeness (QED) is 0.154. The number of pyridine rings is 1. The Morgan fingerprint density at radius 2 is 0.738 bits per heavy atom. The number of aromatic nitrogens is 5. The Balaban J connectivity index is 1.11. The van der Waals surface area contributed by atoms with E-state index in [2.05, 4.69) is 193 Å². The third-order valence-electron chi connectivity index (χ3n) is 11.3. The van der Waals surface area contributed by atoms with Crippen molar-refractivity contribution in [3.8, 4) is 90.1 Å². The van der Waals surface area contributed by atoms with E-state index in [-0.39, 0.29) is 0 Å². The summed E-state index contributed by atoms with van der Waals surface area (Å²) in [5.41, 5.74) is 14.6. The van der Waals surface area contributed by atoms with Crippen molar-refractivity contribution in [2.24, 2.45) is 0 Å². The molecule has 5 nitrogen and oxygen atoms in total. The van der Waals surface area contributed by atoms with Crippen molar-refractivity contribution in [2.75, 3.05) is 0 Å². The molecular weight excluding hydrogens is 743 g/mol. The Kier molecular flexibility index (Phi) is 9.10. The van der Waals surface area contributed by atoms with Gasteiger partial charge >= 0.3 is 0 Å². The summed E-state index contributed by atoms with van der Waals surface area (Å²) < 4.78 is 2.15. The lowest BCUT2D eigenvalue weighted by Crippen LogP contribution is -2.00. The summed E-state index contributed by atoms with van der Waals surface area (Å²) in [6.45, 7) is 0. The average Bonchev–Trinajstić information content (AvgIpc) is 3.76. The van der Waals surface area contributed by atoms with Gasteiger partial charge in [-0.25, -0.2) is 19.5 Å². The molecule has 0 aliphatic rings. The van der Waals surface area contributed by atoms with Crippen molar-refractivity contribution in [3.63, 3.8) is 0 Å². The zero-order valence-corrected chi connectivity index (χ0v) is 33.1. The lowest BCUT2D eigenvalue weighted by atomic mass is 9.93. The first kappa shape index (κ1) is 35.8. The fourth-order valence-electron chi connectivity index (χ4n) is 8.33. The summed E-state index contributed by atoms with van der Waals surface area (Å²) >= 11 is 0. The van der Waals surface area contributed by atoms with Crippen LogP contribution < -0.4 is 0 Å². The minimum absolute atomic E-state index is 0.611. The van der Waals surface area contributed by atoms with Crippen molar-refractivity contribution >= 4 is 16.3 Å². The topological polar surface area (TPSA) is 56.0 Å². The molecule has 286 valence electrons. The van der Waals surface area contributed by atoms with Crippen LogP contribution in [0.15, 0.2) is 224 Å². The smallest absolute Gasteiger partial charge is 0.164 e. The SMILES string of the molecule is c1ccc(-c2ccc(-c3nc(-c4ccccc4)nc(-c4cccc(-c5cccc6c5cc(-c5ccccc5)n5nc(-c7ccccc7)c(-c7ccccc7)c65)c4)n3)cc2)cc1. The van der Waals surface area contributed by atoms with Gasteiger partial charge in [0.15, 0.2) is 17.5 Å². The van der Waals surface area contributed by atoms with Crippen LogP contribution in [0.3, 0.4) is 0 Å². The van der Waals surface area contributed by atoms with E-state index in [0.29, 0.717) is 17.5 Å². The predicted molar refractivity (Wildman–Crippen MR) is 250 cm³/mol. The number of benzene rings is 8. The molecule has 0 spiro atoms. The van der Waals surface area contributed by atoms with Gasteiger partial charge in [0.05, 0.1) is 11.2 Å². The largest absolute Gasteiger partial charge is 0.231 e. The van der Waals surface area contributed by atoms with E-state index in [9.17, 15) is 0 Å². The van der Waals surface area contributed by atoms with Gasteiger partial charge in [-0.15, -0.1) is 0 Å². The van der Waals surface area contributed by atoms with Crippen LogP contribution in [0.25, 0.3) is 106 Å². The van der Waals surface area contributed by atoms with Gasteiger partial charge in [0, 0.05) is 38.8 Å². The predicted octanol–water partition coefficient (Wildman–Crippen LogP) is 14.0. The van der Waals surface area contributed by atoms with E-state index in [1.807, 2.05) is 36.4 Å². The number of rotatable bonds is 8. The van der Waals surface area contributed by atoms with Gasteiger partial charge in [0.2, 0.25) is 0 Å². The third kappa shape index (κ3) is 6.74. The first-order valence-corrected chi connectivity index (χ1v) is 20.5. The van der Waals surface area contributed by atoms with Crippen LogP contribution in [0.2, 0.25) is 0 Å². The van der Waals surface area contributed by atoms with Crippen molar-refractivity contribution < 1.29 is 0 Å². The standard InChI is InChI=1S/C56H37N5/c1-6-18-38(19-7-1)39-32-34-44(35-33-39)55-57-54(43-26-14-5-15-27-43)58-56(59-55)46-29-16-28-45(36-46)47-30-17-31-48-49(47)37-50(40-20-8-2-9-21-40)61-53(48)51(41-22-10-3-11-23-41)52(60-61)42-24-12-4-13-25-42/h1-37H. The van der Waals surface area contributed by atoms with Crippen LogP contribution in [-0.4, -0.2) is 24.6 Å². The molecular formula is C56H37N5. The van der Waals surface area contributed by atoms with Gasteiger partial charge < -0.3 is 0 Å². The second-order valence-electron chi connectivity index (χ2n) is 15.1. The fourth-order valence-corrected chi connectivity index (χ4v) is 8.33. The Labute approximate surface area is 354 Å². The molecule has 0 aliphatic carbocycles. The van der Waals surface area contributed by atoms with Gasteiger partial charge in [0.1, 0.15) is 5.69 Å². The van der Waals surface area contributed by atoms with E-state index in [4.69, 9.17) is 20.1 Å². The van der Waals surface area contributed by atoms with Gasteiger partial charge in [-0.2, -0.15) is 5.10 Å². The molecule has 0 unspecified atom stereocenters. The molecule has 0 atom stereocenters. The summed E-state index contributed by atoms with van der Waals surface area (Å²) in [6.07, 6.45) is 0. The first-order valence-electron chi connectivity index (χ1n) is 20.5. The van der Waals surface area contributed by atoms with Crippen molar-refractivity contribution in [3.05, 3.63) is 224 Å². The lowest BCUT2D eigenvalue weighted by molar-refractivity contribution is 0.979. The van der Waals surface area contributed by atoms with Gasteiger partial charge in [-0.05, 0) is 45.3 Å². The summed E-state index contributed by atoms with van der Waals surface area (Å²) in [4.78, 5) is 15.3. The fraction of sp³-hybridized carbons (Fsp3) is 0. The first-order chi connectivity index (χ1) is 30.2. The van der Waals surface area contributed by atoms with E-state index < -0.39 is 0 Å². The highest BCUT2D eigenvalue weighted by Gasteiger charge is 2.23. The molecule has 11 aromatic rings. The molecule has 3 heterocycles. The second-order valence-corrected chi connectivity index (χ2v) is 15.1. The minimum Gasteiger partial charge on any atom is -0.231 e. The van der Waals surface area contributed by atoms with E-state index in [0.717, 1.165) is 83.3 Å². The van der Waals surface area contributed by atoms with Gasteiger partial charge in [-0.1, -0.05) is 212 Å². The van der Waals surface area contributed by atoms with Crippen LogP contribution in [0.1, 0.15) is 0 Å². The normalized spacial score (nSPS) is 11.3. The monoisotopic (exact) mass is 779 g/mol. The molecule has 0 bridgehead atoms. The molecule has 0 N–H and O–H groups in total. The number of hydrogen-bond acceptors (Lipinski definition) is 4. The molecule has 0 saturated heterocycles. The van der Waals surface area contributed by atoms with Crippen molar-refractivity contribution in [1.29, 1.82) is 0 Å². The molecule has 0 aliphatic heterocycles. The minimum atomic E-state index is 0.611. The van der Waals surface area contributed by atoms with E-state index in [1.165, 1.54) is 5.56 Å². The maximum atomic E-state index is 5.42. The summed E-state index contributed by atoms with van der Waals surface area (Å²) in [6, 6.07) is 78.1. The summed E-state index contributed by atoms with van der Waals surface area (Å²) in [7, 11) is 0. The van der Waals surface area contributed by atoms with Crippen molar-refractivity contribution in [1.82, 2.24) is 24.6 Å². The maximum absolute atomic E-state index is 5.42. The third-order valence-corrected chi connectivity index (χ3v) is 11.3.